The SMILES string of the molecule is NCC1CCCC1C(=O)N1CCCN(CC(=O)O)CC1. The van der Waals surface area contributed by atoms with Crippen LogP contribution in [0.1, 0.15) is 25.7 Å². The Morgan fingerprint density at radius 2 is 1.90 bits per heavy atom. The maximum Gasteiger partial charge on any atom is 0.317 e. The molecule has 0 aromatic heterocycles. The van der Waals surface area contributed by atoms with Gasteiger partial charge in [-0.2, -0.15) is 0 Å². The van der Waals surface area contributed by atoms with Crippen LogP contribution in [0.4, 0.5) is 0 Å². The van der Waals surface area contributed by atoms with Crippen molar-refractivity contribution in [3.05, 3.63) is 0 Å². The van der Waals surface area contributed by atoms with Crippen molar-refractivity contribution in [3.63, 3.8) is 0 Å². The second-order valence-electron chi connectivity index (χ2n) is 5.88. The van der Waals surface area contributed by atoms with Crippen LogP contribution in [0.25, 0.3) is 0 Å². The molecule has 1 heterocycles. The van der Waals surface area contributed by atoms with Gasteiger partial charge in [-0.15, -0.1) is 0 Å². The van der Waals surface area contributed by atoms with Gasteiger partial charge < -0.3 is 15.7 Å². The summed E-state index contributed by atoms with van der Waals surface area (Å²) >= 11 is 0. The molecule has 6 heteroatoms. The zero-order valence-corrected chi connectivity index (χ0v) is 12.0. The number of aliphatic carboxylic acids is 1. The minimum absolute atomic E-state index is 0.0664. The molecule has 2 atom stereocenters. The monoisotopic (exact) mass is 283 g/mol. The Balaban J connectivity index is 1.89. The van der Waals surface area contributed by atoms with E-state index in [2.05, 4.69) is 0 Å². The number of carboxylic acid groups (broad SMARTS) is 1. The molecule has 0 aromatic carbocycles. The number of carbonyl (C=O) groups is 2. The van der Waals surface area contributed by atoms with E-state index >= 15 is 0 Å². The Labute approximate surface area is 119 Å². The van der Waals surface area contributed by atoms with E-state index < -0.39 is 5.97 Å². The lowest BCUT2D eigenvalue weighted by atomic mass is 9.94. The molecule has 1 saturated carbocycles. The molecule has 1 saturated heterocycles. The number of carbonyl (C=O) groups excluding carboxylic acids is 1. The molecular weight excluding hydrogens is 258 g/mol. The fourth-order valence-electron chi connectivity index (χ4n) is 3.42. The Hall–Kier alpha value is -1.14. The van der Waals surface area contributed by atoms with Gasteiger partial charge in [-0.25, -0.2) is 0 Å². The Morgan fingerprint density at radius 1 is 1.10 bits per heavy atom. The molecule has 1 amide bonds. The molecule has 0 aromatic rings. The molecule has 0 bridgehead atoms. The summed E-state index contributed by atoms with van der Waals surface area (Å²) in [5.41, 5.74) is 5.76. The van der Waals surface area contributed by atoms with Crippen LogP contribution in [0.5, 0.6) is 0 Å². The Bertz CT molecular complexity index is 362. The van der Waals surface area contributed by atoms with Crippen molar-refractivity contribution in [2.45, 2.75) is 25.7 Å². The number of nitrogens with two attached hydrogens (primary N) is 1. The summed E-state index contributed by atoms with van der Waals surface area (Å²) in [6.07, 6.45) is 3.96. The number of carboxylic acids is 1. The average molecular weight is 283 g/mol. The first kappa shape index (κ1) is 15.3. The van der Waals surface area contributed by atoms with Gasteiger partial charge in [-0.1, -0.05) is 6.42 Å². The number of rotatable bonds is 4. The van der Waals surface area contributed by atoms with Gasteiger partial charge >= 0.3 is 5.97 Å². The zero-order chi connectivity index (χ0) is 14.5. The van der Waals surface area contributed by atoms with E-state index in [9.17, 15) is 9.59 Å². The van der Waals surface area contributed by atoms with Crippen LogP contribution in [0, 0.1) is 11.8 Å². The van der Waals surface area contributed by atoms with Crippen LogP contribution in [0.2, 0.25) is 0 Å². The topological polar surface area (TPSA) is 86.9 Å². The summed E-state index contributed by atoms with van der Waals surface area (Å²) < 4.78 is 0. The number of amides is 1. The molecule has 6 nitrogen and oxygen atoms in total. The Morgan fingerprint density at radius 3 is 2.60 bits per heavy atom. The van der Waals surface area contributed by atoms with E-state index in [1.165, 1.54) is 0 Å². The molecule has 2 unspecified atom stereocenters. The van der Waals surface area contributed by atoms with Gasteiger partial charge in [-0.05, 0) is 31.7 Å². The molecule has 20 heavy (non-hydrogen) atoms. The highest BCUT2D eigenvalue weighted by Gasteiger charge is 2.35. The fraction of sp³-hybridized carbons (Fsp3) is 0.857. The van der Waals surface area contributed by atoms with E-state index in [0.717, 1.165) is 38.8 Å². The highest BCUT2D eigenvalue weighted by Crippen LogP contribution is 2.32. The van der Waals surface area contributed by atoms with E-state index in [1.54, 1.807) is 0 Å². The van der Waals surface area contributed by atoms with E-state index in [0.29, 0.717) is 25.6 Å². The minimum Gasteiger partial charge on any atom is -0.480 e. The van der Waals surface area contributed by atoms with E-state index in [1.807, 2.05) is 9.80 Å². The molecule has 2 fully saturated rings. The van der Waals surface area contributed by atoms with Gasteiger partial charge in [0.2, 0.25) is 5.91 Å². The summed E-state index contributed by atoms with van der Waals surface area (Å²) in [6, 6.07) is 0. The lowest BCUT2D eigenvalue weighted by Gasteiger charge is -2.27. The van der Waals surface area contributed by atoms with Crippen LogP contribution in [-0.2, 0) is 9.59 Å². The number of nitrogens with zero attached hydrogens (tertiary/aromatic N) is 2. The summed E-state index contributed by atoms with van der Waals surface area (Å²) in [6.45, 7) is 3.44. The highest BCUT2D eigenvalue weighted by atomic mass is 16.4. The predicted octanol–water partition coefficient (Wildman–Crippen LogP) is -0.0197. The van der Waals surface area contributed by atoms with Crippen LogP contribution in [0.3, 0.4) is 0 Å². The standard InChI is InChI=1S/C14H25N3O3/c15-9-11-3-1-4-12(11)14(20)17-6-2-5-16(7-8-17)10-13(18)19/h11-12H,1-10,15H2,(H,18,19). The quantitative estimate of drug-likeness (QED) is 0.757. The lowest BCUT2D eigenvalue weighted by molar-refractivity contribution is -0.138. The summed E-state index contributed by atoms with van der Waals surface area (Å²) in [7, 11) is 0. The summed E-state index contributed by atoms with van der Waals surface area (Å²) in [4.78, 5) is 27.2. The van der Waals surface area contributed by atoms with Gasteiger partial charge in [0, 0.05) is 32.1 Å². The third kappa shape index (κ3) is 3.70. The minimum atomic E-state index is -0.802. The normalized spacial score (nSPS) is 28.4. The average Bonchev–Trinajstić information content (AvgIpc) is 2.77. The zero-order valence-electron chi connectivity index (χ0n) is 12.0. The van der Waals surface area contributed by atoms with Gasteiger partial charge in [0.25, 0.3) is 0 Å². The highest BCUT2D eigenvalue weighted by molar-refractivity contribution is 5.79. The second-order valence-corrected chi connectivity index (χ2v) is 5.88. The molecule has 1 aliphatic heterocycles. The Kier molecular flexibility index (Phi) is 5.37. The predicted molar refractivity (Wildman–Crippen MR) is 75.2 cm³/mol. The van der Waals surface area contributed by atoms with Crippen molar-refractivity contribution in [1.82, 2.24) is 9.80 Å². The molecule has 0 radical (unpaired) electrons. The largest absolute Gasteiger partial charge is 0.480 e. The van der Waals surface area contributed by atoms with Crippen molar-refractivity contribution in [2.75, 3.05) is 39.3 Å². The molecule has 114 valence electrons. The third-order valence-corrected chi connectivity index (χ3v) is 4.54. The maximum absolute atomic E-state index is 12.6. The van der Waals surface area contributed by atoms with Crippen molar-refractivity contribution >= 4 is 11.9 Å². The first-order valence-corrected chi connectivity index (χ1v) is 7.55. The fourth-order valence-corrected chi connectivity index (χ4v) is 3.42. The molecule has 2 aliphatic rings. The first-order valence-electron chi connectivity index (χ1n) is 7.55. The molecule has 3 N–H and O–H groups in total. The summed E-state index contributed by atoms with van der Waals surface area (Å²) in [5, 5.41) is 8.84. The molecule has 2 rings (SSSR count). The van der Waals surface area contributed by atoms with Crippen molar-refractivity contribution in [2.24, 2.45) is 17.6 Å². The van der Waals surface area contributed by atoms with Crippen molar-refractivity contribution < 1.29 is 14.7 Å². The number of hydrogen-bond donors (Lipinski definition) is 2. The van der Waals surface area contributed by atoms with Crippen molar-refractivity contribution in [3.8, 4) is 0 Å². The third-order valence-electron chi connectivity index (χ3n) is 4.54. The van der Waals surface area contributed by atoms with E-state index in [4.69, 9.17) is 10.8 Å². The van der Waals surface area contributed by atoms with Gasteiger partial charge in [-0.3, -0.25) is 14.5 Å². The summed E-state index contributed by atoms with van der Waals surface area (Å²) in [5.74, 6) is -0.147. The van der Waals surface area contributed by atoms with Gasteiger partial charge in [0.15, 0.2) is 0 Å². The second kappa shape index (κ2) is 7.04. The molecule has 0 spiro atoms. The van der Waals surface area contributed by atoms with Gasteiger partial charge in [0.1, 0.15) is 0 Å². The van der Waals surface area contributed by atoms with E-state index in [-0.39, 0.29) is 18.4 Å². The lowest BCUT2D eigenvalue weighted by Crippen LogP contribution is -2.41. The smallest absolute Gasteiger partial charge is 0.317 e. The van der Waals surface area contributed by atoms with Crippen LogP contribution < -0.4 is 5.73 Å². The van der Waals surface area contributed by atoms with Crippen LogP contribution >= 0.6 is 0 Å². The molecule has 1 aliphatic carbocycles. The maximum atomic E-state index is 12.6. The van der Waals surface area contributed by atoms with Crippen molar-refractivity contribution in [1.29, 1.82) is 0 Å². The first-order chi connectivity index (χ1) is 9.61. The number of hydrogen-bond acceptors (Lipinski definition) is 4. The molecular formula is C14H25N3O3. The van der Waals surface area contributed by atoms with Gasteiger partial charge in [0.05, 0.1) is 6.54 Å². The van der Waals surface area contributed by atoms with Crippen LogP contribution in [-0.4, -0.2) is 66.1 Å². The van der Waals surface area contributed by atoms with Crippen LogP contribution in [0.15, 0.2) is 0 Å².